The van der Waals surface area contributed by atoms with Gasteiger partial charge in [-0.25, -0.2) is 9.59 Å². The lowest BCUT2D eigenvalue weighted by Gasteiger charge is -2.27. The molecular weight excluding hydrogens is 467 g/mol. The number of hydrogen-bond acceptors (Lipinski definition) is 7. The van der Waals surface area contributed by atoms with Crippen molar-refractivity contribution in [2.45, 2.75) is 98.3 Å². The molecule has 1 amide bonds. The summed E-state index contributed by atoms with van der Waals surface area (Å²) in [4.78, 5) is 42.9. The van der Waals surface area contributed by atoms with Gasteiger partial charge in [-0.15, -0.1) is 0 Å². The second-order valence-corrected chi connectivity index (χ2v) is 10.6. The van der Waals surface area contributed by atoms with E-state index in [4.69, 9.17) is 14.2 Å². The number of aromatic nitrogens is 1. The summed E-state index contributed by atoms with van der Waals surface area (Å²) >= 11 is 0. The molecule has 1 heterocycles. The lowest BCUT2D eigenvalue weighted by atomic mass is 9.94. The molecule has 1 aromatic rings. The van der Waals surface area contributed by atoms with Crippen LogP contribution in [0.3, 0.4) is 0 Å². The number of alkyl carbamates (subject to hydrolysis) is 1. The topological polar surface area (TPSA) is 104 Å². The Morgan fingerprint density at radius 2 is 1.69 bits per heavy atom. The fourth-order valence-electron chi connectivity index (χ4n) is 3.13. The molecule has 0 aliphatic heterocycles. The number of nitrogens with zero attached hydrogens (tertiary/aromatic N) is 1. The quantitative estimate of drug-likeness (QED) is 0.248. The molecule has 1 N–H and O–H groups in total. The second-order valence-electron chi connectivity index (χ2n) is 10.6. The third-order valence-electron chi connectivity index (χ3n) is 4.84. The van der Waals surface area contributed by atoms with E-state index in [1.54, 1.807) is 73.7 Å². The lowest BCUT2D eigenvalue weighted by molar-refractivity contribution is -0.160. The van der Waals surface area contributed by atoms with Gasteiger partial charge in [-0.2, -0.15) is 0 Å². The van der Waals surface area contributed by atoms with E-state index in [-0.39, 0.29) is 12.8 Å². The minimum absolute atomic E-state index is 0.0880. The Morgan fingerprint density at radius 3 is 2.19 bits per heavy atom. The molecule has 2 unspecified atom stereocenters. The molecule has 36 heavy (non-hydrogen) atoms. The number of rotatable bonds is 11. The molecule has 2 atom stereocenters. The molecule has 0 fully saturated rings. The number of halogens is 1. The van der Waals surface area contributed by atoms with E-state index < -0.39 is 47.9 Å². The molecule has 0 saturated heterocycles. The van der Waals surface area contributed by atoms with Crippen molar-refractivity contribution in [2.75, 3.05) is 6.67 Å². The first-order valence-corrected chi connectivity index (χ1v) is 12.2. The molecular formula is C27H41FN2O6. The number of nitrogens with one attached hydrogen (secondary N) is 1. The van der Waals surface area contributed by atoms with Gasteiger partial charge in [0.15, 0.2) is 0 Å². The Labute approximate surface area is 214 Å². The molecule has 0 aliphatic carbocycles. The monoisotopic (exact) mass is 508 g/mol. The number of esters is 2. The average Bonchev–Trinajstić information content (AvgIpc) is 2.74. The second kappa shape index (κ2) is 13.9. The van der Waals surface area contributed by atoms with Crippen LogP contribution in [0.15, 0.2) is 30.2 Å². The number of carbonyl (C=O) groups is 3. The maximum atomic E-state index is 13.1. The first-order chi connectivity index (χ1) is 16.6. The standard InChI is InChI=1S/C27H41FN2O6/c1-9-18(2)34-24(32)22(30-25(33)36-27(6,7)8)16-20(23(31)35-26(3,4)5)15-21-13-12-19(17-29-21)11-10-14-28/h9,12-13,17,20,22H,10-11,14-16H2,1-8H3,(H,30,33)/b18-9+. The van der Waals surface area contributed by atoms with Gasteiger partial charge < -0.3 is 19.5 Å². The Bertz CT molecular complexity index is 900. The minimum Gasteiger partial charge on any atom is -0.460 e. The van der Waals surface area contributed by atoms with Gasteiger partial charge in [0, 0.05) is 18.3 Å². The van der Waals surface area contributed by atoms with Gasteiger partial charge in [0.2, 0.25) is 0 Å². The van der Waals surface area contributed by atoms with Crippen LogP contribution in [0.25, 0.3) is 0 Å². The van der Waals surface area contributed by atoms with Gasteiger partial charge in [0.1, 0.15) is 23.0 Å². The Hall–Kier alpha value is -2.97. The van der Waals surface area contributed by atoms with Crippen molar-refractivity contribution in [3.8, 4) is 0 Å². The molecule has 0 bridgehead atoms. The predicted molar refractivity (Wildman–Crippen MR) is 135 cm³/mol. The smallest absolute Gasteiger partial charge is 0.408 e. The first-order valence-electron chi connectivity index (χ1n) is 12.2. The van der Waals surface area contributed by atoms with Crippen molar-refractivity contribution in [3.63, 3.8) is 0 Å². The molecule has 1 aromatic heterocycles. The molecule has 9 heteroatoms. The van der Waals surface area contributed by atoms with Gasteiger partial charge in [-0.3, -0.25) is 14.2 Å². The molecule has 0 spiro atoms. The summed E-state index contributed by atoms with van der Waals surface area (Å²) in [6.45, 7) is 13.3. The highest BCUT2D eigenvalue weighted by atomic mass is 19.1. The van der Waals surface area contributed by atoms with Crippen molar-refractivity contribution in [3.05, 3.63) is 41.4 Å². The molecule has 8 nitrogen and oxygen atoms in total. The van der Waals surface area contributed by atoms with Crippen LogP contribution in [0, 0.1) is 5.92 Å². The maximum absolute atomic E-state index is 13.1. The lowest BCUT2D eigenvalue weighted by Crippen LogP contribution is -2.46. The molecule has 1 rings (SSSR count). The highest BCUT2D eigenvalue weighted by molar-refractivity contribution is 5.83. The van der Waals surface area contributed by atoms with Crippen molar-refractivity contribution in [1.82, 2.24) is 10.3 Å². The number of pyridine rings is 1. The molecule has 0 aromatic carbocycles. The van der Waals surface area contributed by atoms with Gasteiger partial charge in [0.25, 0.3) is 0 Å². The zero-order valence-corrected chi connectivity index (χ0v) is 22.8. The zero-order valence-electron chi connectivity index (χ0n) is 22.8. The zero-order chi connectivity index (χ0) is 27.5. The van der Waals surface area contributed by atoms with Gasteiger partial charge >= 0.3 is 18.0 Å². The normalized spacial score (nSPS) is 14.0. The summed E-state index contributed by atoms with van der Waals surface area (Å²) in [6.07, 6.45) is 3.51. The molecule has 202 valence electrons. The van der Waals surface area contributed by atoms with Gasteiger partial charge in [-0.1, -0.05) is 6.07 Å². The number of alkyl halides is 1. The van der Waals surface area contributed by atoms with E-state index >= 15 is 0 Å². The van der Waals surface area contributed by atoms with Gasteiger partial charge in [-0.05, 0) is 92.4 Å². The van der Waals surface area contributed by atoms with Crippen molar-refractivity contribution >= 4 is 18.0 Å². The van der Waals surface area contributed by atoms with E-state index in [1.165, 1.54) is 0 Å². The average molecular weight is 509 g/mol. The number of amides is 1. The van der Waals surface area contributed by atoms with Crippen LogP contribution in [0.2, 0.25) is 0 Å². The van der Waals surface area contributed by atoms with E-state index in [2.05, 4.69) is 10.3 Å². The summed E-state index contributed by atoms with van der Waals surface area (Å²) in [5, 5.41) is 2.54. The van der Waals surface area contributed by atoms with Crippen LogP contribution in [0.5, 0.6) is 0 Å². The minimum atomic E-state index is -1.17. The molecule has 0 aliphatic rings. The third kappa shape index (κ3) is 12.7. The summed E-state index contributed by atoms with van der Waals surface area (Å²) in [5.41, 5.74) is -0.0466. The Balaban J connectivity index is 3.21. The summed E-state index contributed by atoms with van der Waals surface area (Å²) in [5.74, 6) is -1.71. The third-order valence-corrected chi connectivity index (χ3v) is 4.84. The van der Waals surface area contributed by atoms with E-state index in [9.17, 15) is 18.8 Å². The molecule has 0 saturated carbocycles. The number of carbonyl (C=O) groups excluding carboxylic acids is 3. The SMILES string of the molecule is C/C=C(\C)OC(=O)C(CC(Cc1ccc(CCCF)cn1)C(=O)OC(C)(C)C)NC(=O)OC(C)(C)C. The van der Waals surface area contributed by atoms with E-state index in [0.717, 1.165) is 5.56 Å². The highest BCUT2D eigenvalue weighted by Gasteiger charge is 2.34. The van der Waals surface area contributed by atoms with E-state index in [0.29, 0.717) is 24.3 Å². The largest absolute Gasteiger partial charge is 0.460 e. The van der Waals surface area contributed by atoms with Crippen LogP contribution >= 0.6 is 0 Å². The predicted octanol–water partition coefficient (Wildman–Crippen LogP) is 5.23. The van der Waals surface area contributed by atoms with E-state index in [1.807, 2.05) is 6.07 Å². The molecule has 0 radical (unpaired) electrons. The first kappa shape index (κ1) is 31.1. The fourth-order valence-corrected chi connectivity index (χ4v) is 3.13. The van der Waals surface area contributed by atoms with Crippen LogP contribution in [0.4, 0.5) is 9.18 Å². The van der Waals surface area contributed by atoms with Crippen LogP contribution in [-0.4, -0.2) is 46.9 Å². The van der Waals surface area contributed by atoms with Crippen molar-refractivity contribution in [1.29, 1.82) is 0 Å². The van der Waals surface area contributed by atoms with Crippen molar-refractivity contribution in [2.24, 2.45) is 5.92 Å². The van der Waals surface area contributed by atoms with Crippen LogP contribution in [0.1, 0.15) is 79.5 Å². The summed E-state index contributed by atoms with van der Waals surface area (Å²) < 4.78 is 28.7. The van der Waals surface area contributed by atoms with Crippen LogP contribution in [-0.2, 0) is 36.6 Å². The number of hydrogen-bond donors (Lipinski definition) is 1. The highest BCUT2D eigenvalue weighted by Crippen LogP contribution is 2.21. The summed E-state index contributed by atoms with van der Waals surface area (Å²) in [7, 11) is 0. The van der Waals surface area contributed by atoms with Gasteiger partial charge in [0.05, 0.1) is 12.6 Å². The van der Waals surface area contributed by atoms with Crippen molar-refractivity contribution < 1.29 is 33.0 Å². The van der Waals surface area contributed by atoms with Crippen LogP contribution < -0.4 is 5.32 Å². The maximum Gasteiger partial charge on any atom is 0.408 e. The number of aryl methyl sites for hydroxylation is 1. The number of ether oxygens (including phenoxy) is 3. The Morgan fingerprint density at radius 1 is 1.06 bits per heavy atom. The number of allylic oxidation sites excluding steroid dienone is 2. The Kier molecular flexibility index (Phi) is 12.0. The summed E-state index contributed by atoms with van der Waals surface area (Å²) in [6, 6.07) is 2.43. The fraction of sp³-hybridized carbons (Fsp3) is 0.630.